The van der Waals surface area contributed by atoms with Crippen LogP contribution in [0.1, 0.15) is 45.4 Å². The molecular weight excluding hydrogens is 400 g/mol. The lowest BCUT2D eigenvalue weighted by Gasteiger charge is -2.09. The zero-order chi connectivity index (χ0) is 21.7. The summed E-state index contributed by atoms with van der Waals surface area (Å²) in [6, 6.07) is 13.2. The fourth-order valence-corrected chi connectivity index (χ4v) is 4.68. The molecule has 0 aliphatic rings. The average Bonchev–Trinajstić information content (AvgIpc) is 3.19. The van der Waals surface area contributed by atoms with E-state index < -0.39 is 12.0 Å². The Morgan fingerprint density at radius 1 is 1.17 bits per heavy atom. The number of rotatable bonds is 9. The molecular formula is C23H26N2O4S. The van der Waals surface area contributed by atoms with Gasteiger partial charge in [-0.25, -0.2) is 0 Å². The molecule has 2 aromatic carbocycles. The molecule has 30 heavy (non-hydrogen) atoms. The van der Waals surface area contributed by atoms with Crippen molar-refractivity contribution < 1.29 is 19.8 Å². The second-order valence-electron chi connectivity index (χ2n) is 7.12. The van der Waals surface area contributed by atoms with E-state index in [1.165, 1.54) is 11.3 Å². The highest BCUT2D eigenvalue weighted by atomic mass is 32.1. The standard InChI is InChI=1S/C23H26N2O4S/c1-2-14-12-20(23(29)25-11-5-6-15(27)13-26)30-21(14)18-9-3-8-17-16(18)7-4-10-19(17)22(24)28/h3-4,7-10,12,15,26-27H,2,5-6,11,13H2,1H3,(H2,24,28)(H,25,29). The van der Waals surface area contributed by atoms with Crippen LogP contribution in [0.3, 0.4) is 0 Å². The molecule has 2 amide bonds. The van der Waals surface area contributed by atoms with Gasteiger partial charge < -0.3 is 21.3 Å². The molecule has 158 valence electrons. The van der Waals surface area contributed by atoms with Crippen LogP contribution in [0, 0.1) is 0 Å². The molecule has 0 spiro atoms. The van der Waals surface area contributed by atoms with E-state index in [0.717, 1.165) is 33.2 Å². The number of nitrogens with one attached hydrogen (secondary N) is 1. The topological polar surface area (TPSA) is 113 Å². The van der Waals surface area contributed by atoms with E-state index in [9.17, 15) is 14.7 Å². The van der Waals surface area contributed by atoms with Crippen LogP contribution in [0.15, 0.2) is 42.5 Å². The Balaban J connectivity index is 1.89. The maximum Gasteiger partial charge on any atom is 0.261 e. The van der Waals surface area contributed by atoms with Gasteiger partial charge in [0.15, 0.2) is 0 Å². The first-order chi connectivity index (χ1) is 14.5. The molecule has 6 nitrogen and oxygen atoms in total. The number of primary amides is 1. The quantitative estimate of drug-likeness (QED) is 0.394. The molecule has 1 heterocycles. The zero-order valence-electron chi connectivity index (χ0n) is 16.9. The van der Waals surface area contributed by atoms with Crippen LogP contribution in [0.2, 0.25) is 0 Å². The molecule has 7 heteroatoms. The van der Waals surface area contributed by atoms with Crippen molar-refractivity contribution in [2.75, 3.05) is 13.2 Å². The third-order valence-corrected chi connectivity index (χ3v) is 6.27. The van der Waals surface area contributed by atoms with Crippen LogP contribution in [0.25, 0.3) is 21.2 Å². The van der Waals surface area contributed by atoms with Gasteiger partial charge >= 0.3 is 0 Å². The van der Waals surface area contributed by atoms with Crippen LogP contribution in [-0.2, 0) is 6.42 Å². The van der Waals surface area contributed by atoms with Gasteiger partial charge in [-0.05, 0) is 53.3 Å². The third-order valence-electron chi connectivity index (χ3n) is 5.06. The molecule has 0 bridgehead atoms. The first kappa shape index (κ1) is 22.0. The minimum absolute atomic E-state index is 0.155. The molecule has 1 aromatic heterocycles. The van der Waals surface area contributed by atoms with Gasteiger partial charge in [0.05, 0.1) is 17.6 Å². The Hall–Kier alpha value is -2.74. The zero-order valence-corrected chi connectivity index (χ0v) is 17.7. The van der Waals surface area contributed by atoms with Crippen molar-refractivity contribution >= 4 is 33.9 Å². The highest BCUT2D eigenvalue weighted by Gasteiger charge is 2.18. The molecule has 0 fully saturated rings. The van der Waals surface area contributed by atoms with Crippen LogP contribution in [0.5, 0.6) is 0 Å². The molecule has 0 aliphatic heterocycles. The number of thiophene rings is 1. The number of aryl methyl sites for hydroxylation is 1. The Morgan fingerprint density at radius 2 is 1.90 bits per heavy atom. The van der Waals surface area contributed by atoms with Gasteiger partial charge in [0.25, 0.3) is 5.91 Å². The molecule has 1 unspecified atom stereocenters. The van der Waals surface area contributed by atoms with Crippen LogP contribution >= 0.6 is 11.3 Å². The Morgan fingerprint density at radius 3 is 2.60 bits per heavy atom. The predicted octanol–water partition coefficient (Wildman–Crippen LogP) is 3.09. The Labute approximate surface area is 179 Å². The van der Waals surface area contributed by atoms with E-state index in [-0.39, 0.29) is 12.5 Å². The number of aliphatic hydroxyl groups is 2. The number of amides is 2. The number of carbonyl (C=O) groups excluding carboxylic acids is 2. The highest BCUT2D eigenvalue weighted by Crippen LogP contribution is 2.38. The van der Waals surface area contributed by atoms with E-state index in [0.29, 0.717) is 29.8 Å². The summed E-state index contributed by atoms with van der Waals surface area (Å²) in [5.41, 5.74) is 8.06. The maximum atomic E-state index is 12.6. The van der Waals surface area contributed by atoms with Crippen LogP contribution < -0.4 is 11.1 Å². The summed E-state index contributed by atoms with van der Waals surface area (Å²) in [6.45, 7) is 2.20. The van der Waals surface area contributed by atoms with E-state index >= 15 is 0 Å². The molecule has 5 N–H and O–H groups in total. The van der Waals surface area contributed by atoms with Gasteiger partial charge in [-0.2, -0.15) is 0 Å². The summed E-state index contributed by atoms with van der Waals surface area (Å²) in [6.07, 6.45) is 1.04. The normalized spacial score (nSPS) is 12.1. The van der Waals surface area contributed by atoms with Crippen LogP contribution in [-0.4, -0.2) is 41.3 Å². The fraction of sp³-hybridized carbons (Fsp3) is 0.304. The van der Waals surface area contributed by atoms with Crippen molar-refractivity contribution in [3.8, 4) is 10.4 Å². The molecule has 0 saturated carbocycles. The van der Waals surface area contributed by atoms with Crippen LogP contribution in [0.4, 0.5) is 0 Å². The molecule has 3 aromatic rings. The Bertz CT molecular complexity index is 1060. The summed E-state index contributed by atoms with van der Waals surface area (Å²) in [5.74, 6) is -0.622. The largest absolute Gasteiger partial charge is 0.394 e. The minimum atomic E-state index is -0.751. The summed E-state index contributed by atoms with van der Waals surface area (Å²) in [4.78, 5) is 26.0. The number of hydrogen-bond donors (Lipinski definition) is 4. The Kier molecular flexibility index (Phi) is 7.20. The van der Waals surface area contributed by atoms with Crippen molar-refractivity contribution in [1.82, 2.24) is 5.32 Å². The number of benzene rings is 2. The van der Waals surface area contributed by atoms with Crippen molar-refractivity contribution in [1.29, 1.82) is 0 Å². The summed E-state index contributed by atoms with van der Waals surface area (Å²) in [5, 5.41) is 22.8. The molecule has 0 saturated heterocycles. The minimum Gasteiger partial charge on any atom is -0.394 e. The van der Waals surface area contributed by atoms with Gasteiger partial charge in [-0.1, -0.05) is 37.3 Å². The van der Waals surface area contributed by atoms with Gasteiger partial charge in [0.1, 0.15) is 0 Å². The van der Waals surface area contributed by atoms with Gasteiger partial charge in [-0.3, -0.25) is 9.59 Å². The lowest BCUT2D eigenvalue weighted by atomic mass is 9.97. The van der Waals surface area contributed by atoms with Crippen molar-refractivity contribution in [3.63, 3.8) is 0 Å². The number of nitrogens with two attached hydrogens (primary N) is 1. The molecule has 1 atom stereocenters. The van der Waals surface area contributed by atoms with Crippen molar-refractivity contribution in [2.24, 2.45) is 5.73 Å². The van der Waals surface area contributed by atoms with Gasteiger partial charge in [0.2, 0.25) is 5.91 Å². The average molecular weight is 427 g/mol. The predicted molar refractivity (Wildman–Crippen MR) is 120 cm³/mol. The summed E-state index contributed by atoms with van der Waals surface area (Å²) >= 11 is 1.43. The second kappa shape index (κ2) is 9.84. The molecule has 0 aliphatic carbocycles. The smallest absolute Gasteiger partial charge is 0.261 e. The number of hydrogen-bond acceptors (Lipinski definition) is 5. The van der Waals surface area contributed by atoms with E-state index in [2.05, 4.69) is 5.32 Å². The first-order valence-corrected chi connectivity index (χ1v) is 10.8. The van der Waals surface area contributed by atoms with E-state index in [4.69, 9.17) is 10.8 Å². The van der Waals surface area contributed by atoms with E-state index in [1.54, 1.807) is 6.07 Å². The number of aliphatic hydroxyl groups excluding tert-OH is 2. The van der Waals surface area contributed by atoms with Gasteiger partial charge in [0, 0.05) is 17.0 Å². The van der Waals surface area contributed by atoms with E-state index in [1.807, 2.05) is 43.3 Å². The number of fused-ring (bicyclic) bond motifs is 1. The summed E-state index contributed by atoms with van der Waals surface area (Å²) in [7, 11) is 0. The van der Waals surface area contributed by atoms with Gasteiger partial charge in [-0.15, -0.1) is 11.3 Å². The monoisotopic (exact) mass is 426 g/mol. The number of carbonyl (C=O) groups is 2. The molecule has 0 radical (unpaired) electrons. The maximum absolute atomic E-state index is 12.6. The summed E-state index contributed by atoms with van der Waals surface area (Å²) < 4.78 is 0. The molecule has 3 rings (SSSR count). The second-order valence-corrected chi connectivity index (χ2v) is 8.18. The lowest BCUT2D eigenvalue weighted by molar-refractivity contribution is 0.0849. The third kappa shape index (κ3) is 4.70. The lowest BCUT2D eigenvalue weighted by Crippen LogP contribution is -2.25. The highest BCUT2D eigenvalue weighted by molar-refractivity contribution is 7.17. The first-order valence-electron chi connectivity index (χ1n) is 9.98. The fourth-order valence-electron chi connectivity index (χ4n) is 3.47. The SMILES string of the molecule is CCc1cc(C(=O)NCCCC(O)CO)sc1-c1cccc2c(C(N)=O)cccc12. The van der Waals surface area contributed by atoms with Crippen molar-refractivity contribution in [3.05, 3.63) is 58.5 Å². The van der Waals surface area contributed by atoms with Crippen molar-refractivity contribution in [2.45, 2.75) is 32.3 Å².